The number of fused-ring (bicyclic) bond motifs is 5. The van der Waals surface area contributed by atoms with Crippen molar-refractivity contribution in [2.45, 2.75) is 143 Å². The average Bonchev–Trinajstić information content (AvgIpc) is 3.30. The second kappa shape index (κ2) is 7.45. The van der Waals surface area contributed by atoms with Gasteiger partial charge in [-0.15, -0.1) is 0 Å². The molecule has 11 atom stereocenters. The van der Waals surface area contributed by atoms with Crippen LogP contribution in [0.3, 0.4) is 0 Å². The van der Waals surface area contributed by atoms with Crippen LogP contribution in [0.1, 0.15) is 113 Å². The molecule has 4 aliphatic carbocycles. The second-order valence-electron chi connectivity index (χ2n) is 15.4. The molecule has 0 amide bonds. The summed E-state index contributed by atoms with van der Waals surface area (Å²) in [6, 6.07) is 0. The summed E-state index contributed by atoms with van der Waals surface area (Å²) in [4.78, 5) is 0. The Labute approximate surface area is 208 Å². The monoisotopic (exact) mass is 476 g/mol. The molecule has 1 heterocycles. The van der Waals surface area contributed by atoms with Gasteiger partial charge in [0, 0.05) is 0 Å². The van der Waals surface area contributed by atoms with Crippen molar-refractivity contribution in [1.82, 2.24) is 0 Å². The Morgan fingerprint density at radius 3 is 2.03 bits per heavy atom. The molecule has 0 aromatic carbocycles. The first-order chi connectivity index (χ1) is 15.5. The molecule has 5 rings (SSSR count). The van der Waals surface area contributed by atoms with Gasteiger partial charge in [-0.05, 0) is 124 Å². The number of aliphatic hydroxyl groups excluding tert-OH is 2. The largest absolute Gasteiger partial charge is 0.393 e. The highest BCUT2D eigenvalue weighted by Crippen LogP contribution is 2.76. The van der Waals surface area contributed by atoms with Gasteiger partial charge in [-0.3, -0.25) is 0 Å². The lowest BCUT2D eigenvalue weighted by molar-refractivity contribution is -0.248. The zero-order valence-corrected chi connectivity index (χ0v) is 23.2. The minimum Gasteiger partial charge on any atom is -0.393 e. The lowest BCUT2D eigenvalue weighted by Gasteiger charge is -2.70. The molecule has 0 bridgehead atoms. The number of rotatable bonds is 2. The first-order valence-corrected chi connectivity index (χ1v) is 14.3. The molecule has 3 N–H and O–H groups in total. The maximum Gasteiger partial charge on any atom is 0.0865 e. The summed E-state index contributed by atoms with van der Waals surface area (Å²) in [6.45, 7) is 18.1. The van der Waals surface area contributed by atoms with E-state index in [4.69, 9.17) is 4.74 Å². The lowest BCUT2D eigenvalue weighted by Crippen LogP contribution is -2.66. The van der Waals surface area contributed by atoms with Crippen LogP contribution in [0.5, 0.6) is 0 Å². The Morgan fingerprint density at radius 1 is 0.765 bits per heavy atom. The molecule has 4 saturated carbocycles. The third-order valence-electron chi connectivity index (χ3n) is 13.3. The Morgan fingerprint density at radius 2 is 1.41 bits per heavy atom. The van der Waals surface area contributed by atoms with E-state index in [-0.39, 0.29) is 51.5 Å². The molecule has 0 radical (unpaired) electrons. The topological polar surface area (TPSA) is 69.9 Å². The van der Waals surface area contributed by atoms with Crippen LogP contribution in [0, 0.1) is 45.3 Å². The fraction of sp³-hybridized carbons (Fsp3) is 1.00. The van der Waals surface area contributed by atoms with E-state index in [9.17, 15) is 15.3 Å². The zero-order valence-electron chi connectivity index (χ0n) is 23.2. The van der Waals surface area contributed by atoms with Gasteiger partial charge in [0.05, 0.1) is 29.5 Å². The van der Waals surface area contributed by atoms with Crippen LogP contribution in [0.25, 0.3) is 0 Å². The van der Waals surface area contributed by atoms with Gasteiger partial charge < -0.3 is 20.1 Å². The van der Waals surface area contributed by atoms with Crippen LogP contribution in [-0.4, -0.2) is 44.8 Å². The van der Waals surface area contributed by atoms with Crippen LogP contribution < -0.4 is 0 Å². The molecule has 0 spiro atoms. The molecule has 196 valence electrons. The smallest absolute Gasteiger partial charge is 0.0865 e. The van der Waals surface area contributed by atoms with Crippen molar-refractivity contribution in [1.29, 1.82) is 0 Å². The maximum absolute atomic E-state index is 11.9. The maximum atomic E-state index is 11.9. The van der Waals surface area contributed by atoms with Crippen LogP contribution in [0.4, 0.5) is 0 Å². The average molecular weight is 477 g/mol. The molecular formula is C30H52O4. The fourth-order valence-corrected chi connectivity index (χ4v) is 11.1. The molecular weight excluding hydrogens is 424 g/mol. The van der Waals surface area contributed by atoms with Gasteiger partial charge in [-0.1, -0.05) is 34.6 Å². The van der Waals surface area contributed by atoms with E-state index in [1.807, 2.05) is 13.8 Å². The van der Waals surface area contributed by atoms with Crippen molar-refractivity contribution in [3.63, 3.8) is 0 Å². The normalized spacial score (nSPS) is 57.1. The minimum absolute atomic E-state index is 0.0630. The summed E-state index contributed by atoms with van der Waals surface area (Å²) in [7, 11) is 0. The zero-order chi connectivity index (χ0) is 25.1. The van der Waals surface area contributed by atoms with Crippen molar-refractivity contribution < 1.29 is 20.1 Å². The first-order valence-electron chi connectivity index (χ1n) is 14.3. The Balaban J connectivity index is 1.48. The van der Waals surface area contributed by atoms with Gasteiger partial charge in [0.1, 0.15) is 0 Å². The van der Waals surface area contributed by atoms with E-state index in [1.54, 1.807) is 0 Å². The van der Waals surface area contributed by atoms with E-state index < -0.39 is 5.60 Å². The summed E-state index contributed by atoms with van der Waals surface area (Å²) >= 11 is 0. The summed E-state index contributed by atoms with van der Waals surface area (Å²) in [6.07, 6.45) is 8.72. The van der Waals surface area contributed by atoms with Gasteiger partial charge in [0.15, 0.2) is 0 Å². The highest BCUT2D eigenvalue weighted by molar-refractivity contribution is 5.20. The summed E-state index contributed by atoms with van der Waals surface area (Å²) < 4.78 is 6.66. The number of hydrogen-bond donors (Lipinski definition) is 3. The Bertz CT molecular complexity index is 817. The molecule has 34 heavy (non-hydrogen) atoms. The highest BCUT2D eigenvalue weighted by atomic mass is 16.5. The van der Waals surface area contributed by atoms with Crippen LogP contribution in [-0.2, 0) is 4.74 Å². The molecule has 0 unspecified atom stereocenters. The van der Waals surface area contributed by atoms with E-state index in [1.165, 1.54) is 12.8 Å². The third kappa shape index (κ3) is 3.16. The van der Waals surface area contributed by atoms with Crippen LogP contribution >= 0.6 is 0 Å². The van der Waals surface area contributed by atoms with Crippen molar-refractivity contribution in [2.24, 2.45) is 45.3 Å². The number of ether oxygens (including phenoxy) is 1. The van der Waals surface area contributed by atoms with Crippen molar-refractivity contribution >= 4 is 0 Å². The van der Waals surface area contributed by atoms with Crippen LogP contribution in [0.15, 0.2) is 0 Å². The molecule has 1 saturated heterocycles. The van der Waals surface area contributed by atoms with E-state index in [0.717, 1.165) is 44.9 Å². The minimum atomic E-state index is -0.826. The van der Waals surface area contributed by atoms with E-state index >= 15 is 0 Å². The molecule has 5 fully saturated rings. The summed E-state index contributed by atoms with van der Waals surface area (Å²) in [5.74, 6) is 1.59. The third-order valence-corrected chi connectivity index (χ3v) is 13.3. The molecule has 0 aromatic rings. The molecule has 4 nitrogen and oxygen atoms in total. The lowest BCUT2D eigenvalue weighted by atomic mass is 9.35. The predicted molar refractivity (Wildman–Crippen MR) is 135 cm³/mol. The number of aliphatic hydroxyl groups is 3. The standard InChI is InChI=1S/C30H52O4/c1-25(2)20-10-15-28(6)21(27(20,5)13-11-22(25)32)17-19(31)24-18(9-14-29(24,28)7)30(8)16-12-23(34-30)26(3,4)33/h18-24,31-33H,9-17H2,1-8H3/t18-,19+,20-,21-,22+,23+,24-,27-,28+,29+,30+/m0/s1. The van der Waals surface area contributed by atoms with Gasteiger partial charge in [-0.2, -0.15) is 0 Å². The Hall–Kier alpha value is -0.160. The second-order valence-corrected chi connectivity index (χ2v) is 15.4. The molecule has 0 aromatic heterocycles. The SMILES string of the molecule is CC(C)(O)[C@H]1CC[C@](C)([C@H]2CC[C@]3(C)[C@@H]2[C@H](O)C[C@H]2[C@@]4(C)CC[C@@H](O)C(C)(C)[C@@H]4CC[C@]23C)O1. The fourth-order valence-electron chi connectivity index (χ4n) is 11.1. The molecule has 1 aliphatic heterocycles. The van der Waals surface area contributed by atoms with Gasteiger partial charge in [-0.25, -0.2) is 0 Å². The predicted octanol–water partition coefficient (Wildman–Crippen LogP) is 5.71. The summed E-state index contributed by atoms with van der Waals surface area (Å²) in [5.41, 5.74) is -0.703. The van der Waals surface area contributed by atoms with Crippen molar-refractivity contribution in [2.75, 3.05) is 0 Å². The quantitative estimate of drug-likeness (QED) is 0.477. The first kappa shape index (κ1) is 25.5. The van der Waals surface area contributed by atoms with Gasteiger partial charge in [0.25, 0.3) is 0 Å². The van der Waals surface area contributed by atoms with E-state index in [2.05, 4.69) is 41.5 Å². The summed E-state index contributed by atoms with van der Waals surface area (Å²) in [5, 5.41) is 33.4. The van der Waals surface area contributed by atoms with E-state index in [0.29, 0.717) is 17.8 Å². The van der Waals surface area contributed by atoms with Gasteiger partial charge >= 0.3 is 0 Å². The Kier molecular flexibility index (Phi) is 5.59. The van der Waals surface area contributed by atoms with Crippen LogP contribution in [0.2, 0.25) is 0 Å². The molecule has 5 aliphatic rings. The van der Waals surface area contributed by atoms with Crippen molar-refractivity contribution in [3.05, 3.63) is 0 Å². The van der Waals surface area contributed by atoms with Crippen molar-refractivity contribution in [3.8, 4) is 0 Å². The molecule has 4 heteroatoms. The van der Waals surface area contributed by atoms with Gasteiger partial charge in [0.2, 0.25) is 0 Å². The highest BCUT2D eigenvalue weighted by Gasteiger charge is 2.71. The number of hydrogen-bond acceptors (Lipinski definition) is 4.